The van der Waals surface area contributed by atoms with Crippen LogP contribution in [-0.4, -0.2) is 0 Å². The molecule has 3 heteroatoms. The summed E-state index contributed by atoms with van der Waals surface area (Å²) in [4.78, 5) is 0. The van der Waals surface area contributed by atoms with Crippen LogP contribution in [0.25, 0.3) is 0 Å². The summed E-state index contributed by atoms with van der Waals surface area (Å²) < 4.78 is 14.1. The van der Waals surface area contributed by atoms with Crippen molar-refractivity contribution in [3.05, 3.63) is 32.1 Å². The number of halogens is 3. The first-order valence-corrected chi connectivity index (χ1v) is 5.67. The van der Waals surface area contributed by atoms with Gasteiger partial charge in [-0.3, -0.25) is 0 Å². The zero-order valence-electron chi connectivity index (χ0n) is 7.57. The smallest absolute Gasteiger partial charge is 0.141 e. The summed E-state index contributed by atoms with van der Waals surface area (Å²) in [6.07, 6.45) is 0.939. The van der Waals surface area contributed by atoms with Crippen LogP contribution in [0.3, 0.4) is 0 Å². The maximum Gasteiger partial charge on any atom is 0.141 e. The van der Waals surface area contributed by atoms with Gasteiger partial charge in [0.2, 0.25) is 0 Å². The molecular weight excluding hydrogens is 301 g/mol. The van der Waals surface area contributed by atoms with Gasteiger partial charge in [-0.15, -0.1) is 0 Å². The van der Waals surface area contributed by atoms with Gasteiger partial charge in [0.05, 0.1) is 8.59 Å². The van der Waals surface area contributed by atoms with E-state index in [0.717, 1.165) is 12.0 Å². The molecule has 0 spiro atoms. The molecule has 0 N–H and O–H groups in total. The third-order valence-corrected chi connectivity index (χ3v) is 3.90. The minimum Gasteiger partial charge on any atom is -0.205 e. The molecule has 1 rings (SSSR count). The molecule has 1 aromatic rings. The number of hydrogen-bond donors (Lipinski definition) is 0. The van der Waals surface area contributed by atoms with Crippen molar-refractivity contribution in [1.29, 1.82) is 0 Å². The summed E-state index contributed by atoms with van der Waals surface area (Å²) in [5, 5.41) is 0.491. The Morgan fingerprint density at radius 3 is 2.69 bits per heavy atom. The molecule has 0 radical (unpaired) electrons. The molecule has 0 unspecified atom stereocenters. The molecule has 0 fully saturated rings. The van der Waals surface area contributed by atoms with Crippen molar-refractivity contribution in [2.45, 2.75) is 26.2 Å². The lowest BCUT2D eigenvalue weighted by Crippen LogP contribution is -1.98. The third-order valence-electron chi connectivity index (χ3n) is 2.21. The minimum atomic E-state index is -0.164. The largest absolute Gasteiger partial charge is 0.205 e. The van der Waals surface area contributed by atoms with E-state index in [9.17, 15) is 4.39 Å². The first kappa shape index (κ1) is 11.2. The van der Waals surface area contributed by atoms with E-state index >= 15 is 0 Å². The molecular formula is C10H11ClFI. The van der Waals surface area contributed by atoms with E-state index in [2.05, 4.69) is 0 Å². The predicted molar refractivity (Wildman–Crippen MR) is 62.8 cm³/mol. The highest BCUT2D eigenvalue weighted by Crippen LogP contribution is 2.29. The van der Waals surface area contributed by atoms with E-state index in [4.69, 9.17) is 11.6 Å². The van der Waals surface area contributed by atoms with Gasteiger partial charge in [-0.25, -0.2) is 4.39 Å². The molecule has 1 aromatic carbocycles. The van der Waals surface area contributed by atoms with Gasteiger partial charge >= 0.3 is 0 Å². The van der Waals surface area contributed by atoms with Crippen molar-refractivity contribution in [3.63, 3.8) is 0 Å². The van der Waals surface area contributed by atoms with Crippen LogP contribution >= 0.6 is 34.2 Å². The maximum atomic E-state index is 13.6. The maximum absolute atomic E-state index is 13.6. The highest BCUT2D eigenvalue weighted by Gasteiger charge is 2.13. The van der Waals surface area contributed by atoms with Crippen LogP contribution < -0.4 is 0 Å². The summed E-state index contributed by atoms with van der Waals surface area (Å²) >= 11 is 7.72. The quantitative estimate of drug-likeness (QED) is 0.553. The van der Waals surface area contributed by atoms with E-state index in [-0.39, 0.29) is 11.7 Å². The Kier molecular flexibility index (Phi) is 3.98. The highest BCUT2D eigenvalue weighted by molar-refractivity contribution is 14.1. The fraction of sp³-hybridized carbons (Fsp3) is 0.400. The van der Waals surface area contributed by atoms with E-state index in [0.29, 0.717) is 8.59 Å². The van der Waals surface area contributed by atoms with Gasteiger partial charge < -0.3 is 0 Å². The van der Waals surface area contributed by atoms with Crippen molar-refractivity contribution in [1.82, 2.24) is 0 Å². The van der Waals surface area contributed by atoms with Crippen molar-refractivity contribution in [3.8, 4) is 0 Å². The molecule has 0 heterocycles. The second-order valence-corrected chi connectivity index (χ2v) is 4.56. The Balaban J connectivity index is 3.18. The van der Waals surface area contributed by atoms with E-state index in [1.807, 2.05) is 36.4 Å². The summed E-state index contributed by atoms with van der Waals surface area (Å²) in [6.45, 7) is 4.06. The molecule has 72 valence electrons. The summed E-state index contributed by atoms with van der Waals surface area (Å²) in [5.41, 5.74) is 0.760. The molecule has 0 aliphatic rings. The van der Waals surface area contributed by atoms with Crippen molar-refractivity contribution < 1.29 is 4.39 Å². The van der Waals surface area contributed by atoms with Crippen molar-refractivity contribution >= 4 is 34.2 Å². The standard InChI is InChI=1S/C10H11ClFI/c1-3-6(2)7-4-5-8(11)10(13)9(7)12/h4-6H,3H2,1-2H3/t6-/m1/s1. The van der Waals surface area contributed by atoms with Crippen LogP contribution in [0.4, 0.5) is 4.39 Å². The van der Waals surface area contributed by atoms with Gasteiger partial charge in [0, 0.05) is 0 Å². The fourth-order valence-electron chi connectivity index (χ4n) is 1.14. The van der Waals surface area contributed by atoms with Gasteiger partial charge in [-0.1, -0.05) is 31.5 Å². The van der Waals surface area contributed by atoms with Gasteiger partial charge in [0.25, 0.3) is 0 Å². The molecule has 0 bridgehead atoms. The molecule has 0 aromatic heterocycles. The van der Waals surface area contributed by atoms with Crippen molar-refractivity contribution in [2.75, 3.05) is 0 Å². The Morgan fingerprint density at radius 1 is 1.54 bits per heavy atom. The van der Waals surface area contributed by atoms with Crippen LogP contribution in [0.5, 0.6) is 0 Å². The Hall–Kier alpha value is 0.170. The average molecular weight is 313 g/mol. The number of benzene rings is 1. The number of hydrogen-bond acceptors (Lipinski definition) is 0. The lowest BCUT2D eigenvalue weighted by Gasteiger charge is -2.11. The zero-order chi connectivity index (χ0) is 10.0. The van der Waals surface area contributed by atoms with E-state index < -0.39 is 0 Å². The van der Waals surface area contributed by atoms with Gasteiger partial charge in [-0.2, -0.15) is 0 Å². The monoisotopic (exact) mass is 312 g/mol. The third kappa shape index (κ3) is 2.34. The number of rotatable bonds is 2. The highest BCUT2D eigenvalue weighted by atomic mass is 127. The van der Waals surface area contributed by atoms with Gasteiger partial charge in [-0.05, 0) is 46.6 Å². The predicted octanol–water partition coefficient (Wildman–Crippen LogP) is 4.60. The normalized spacial score (nSPS) is 13.0. The molecule has 0 saturated heterocycles. The molecule has 0 aliphatic carbocycles. The molecule has 0 saturated carbocycles. The Labute approximate surface area is 96.6 Å². The molecule has 1 atom stereocenters. The summed E-state index contributed by atoms with van der Waals surface area (Å²) in [7, 11) is 0. The summed E-state index contributed by atoms with van der Waals surface area (Å²) in [6, 6.07) is 3.53. The minimum absolute atomic E-state index is 0.164. The molecule has 0 amide bonds. The zero-order valence-corrected chi connectivity index (χ0v) is 10.5. The first-order chi connectivity index (χ1) is 6.07. The Bertz CT molecular complexity index is 312. The Morgan fingerprint density at radius 2 is 2.15 bits per heavy atom. The second-order valence-electron chi connectivity index (χ2n) is 3.07. The molecule has 13 heavy (non-hydrogen) atoms. The molecule has 0 aliphatic heterocycles. The van der Waals surface area contributed by atoms with Crippen LogP contribution in [0, 0.1) is 9.39 Å². The fourth-order valence-corrected chi connectivity index (χ4v) is 1.78. The summed E-state index contributed by atoms with van der Waals surface area (Å²) in [5.74, 6) is 0.0910. The van der Waals surface area contributed by atoms with Crippen LogP contribution in [-0.2, 0) is 0 Å². The van der Waals surface area contributed by atoms with Crippen LogP contribution in [0.2, 0.25) is 5.02 Å². The average Bonchev–Trinajstić information content (AvgIpc) is 2.13. The van der Waals surface area contributed by atoms with E-state index in [1.165, 1.54) is 0 Å². The lowest BCUT2D eigenvalue weighted by atomic mass is 9.98. The lowest BCUT2D eigenvalue weighted by molar-refractivity contribution is 0.577. The van der Waals surface area contributed by atoms with E-state index in [1.54, 1.807) is 12.1 Å². The van der Waals surface area contributed by atoms with Crippen molar-refractivity contribution in [2.24, 2.45) is 0 Å². The first-order valence-electron chi connectivity index (χ1n) is 4.21. The molecule has 0 nitrogen and oxygen atoms in total. The van der Waals surface area contributed by atoms with Crippen LogP contribution in [0.15, 0.2) is 12.1 Å². The van der Waals surface area contributed by atoms with Gasteiger partial charge in [0.15, 0.2) is 0 Å². The van der Waals surface area contributed by atoms with Crippen LogP contribution in [0.1, 0.15) is 31.7 Å². The van der Waals surface area contributed by atoms with Gasteiger partial charge in [0.1, 0.15) is 5.82 Å². The SMILES string of the molecule is CC[C@@H](C)c1ccc(Cl)c(I)c1F. The second kappa shape index (κ2) is 4.60. The topological polar surface area (TPSA) is 0 Å².